The molecule has 1 N–H and O–H groups in total. The Balaban J connectivity index is 2.26. The van der Waals surface area contributed by atoms with Crippen LogP contribution in [-0.2, 0) is 0 Å². The Kier molecular flexibility index (Phi) is 1.89. The number of hydrogen-bond donors (Lipinski definition) is 1. The molecule has 3 aliphatic rings. The maximum Gasteiger partial charge on any atom is 0.0884 e. The molecular formula is C10H15BrO. The van der Waals surface area contributed by atoms with Crippen LogP contribution in [0.1, 0.15) is 26.7 Å². The Hall–Kier alpha value is 0.180. The first-order chi connectivity index (χ1) is 5.53. The maximum absolute atomic E-state index is 9.88. The van der Waals surface area contributed by atoms with Gasteiger partial charge in [-0.3, -0.25) is 0 Å². The quantitative estimate of drug-likeness (QED) is 0.679. The first-order valence-electron chi connectivity index (χ1n) is 4.57. The van der Waals surface area contributed by atoms with Gasteiger partial charge in [-0.05, 0) is 30.1 Å². The highest BCUT2D eigenvalue weighted by Gasteiger charge is 2.52. The number of halogens is 1. The normalized spacial score (nSPS) is 44.3. The second-order valence-corrected chi connectivity index (χ2v) is 5.55. The van der Waals surface area contributed by atoms with Crippen LogP contribution in [0.15, 0.2) is 10.6 Å². The van der Waals surface area contributed by atoms with Crippen LogP contribution in [0, 0.1) is 17.3 Å². The minimum atomic E-state index is -0.251. The van der Waals surface area contributed by atoms with Gasteiger partial charge in [-0.2, -0.15) is 0 Å². The Labute approximate surface area is 82.0 Å². The average molecular weight is 231 g/mol. The number of hydrogen-bond acceptors (Lipinski definition) is 1. The molecule has 1 saturated carbocycles. The van der Waals surface area contributed by atoms with Crippen molar-refractivity contribution in [1.82, 2.24) is 0 Å². The molecule has 0 spiro atoms. The fourth-order valence-electron chi connectivity index (χ4n) is 2.56. The zero-order valence-corrected chi connectivity index (χ0v) is 9.13. The molecule has 0 amide bonds. The summed E-state index contributed by atoms with van der Waals surface area (Å²) >= 11 is 3.43. The van der Waals surface area contributed by atoms with Gasteiger partial charge in [-0.1, -0.05) is 35.9 Å². The molecule has 0 aromatic rings. The van der Waals surface area contributed by atoms with Crippen LogP contribution in [-0.4, -0.2) is 11.2 Å². The van der Waals surface area contributed by atoms with Gasteiger partial charge < -0.3 is 5.11 Å². The highest BCUT2D eigenvalue weighted by Crippen LogP contribution is 2.57. The summed E-state index contributed by atoms with van der Waals surface area (Å²) in [5, 5.41) is 9.88. The van der Waals surface area contributed by atoms with Crippen molar-refractivity contribution < 1.29 is 5.11 Å². The van der Waals surface area contributed by atoms with Crippen molar-refractivity contribution in [3.63, 3.8) is 0 Å². The predicted molar refractivity (Wildman–Crippen MR) is 53.0 cm³/mol. The van der Waals surface area contributed by atoms with Crippen LogP contribution in [0.4, 0.5) is 0 Å². The molecule has 0 radical (unpaired) electrons. The van der Waals surface area contributed by atoms with E-state index in [1.165, 1.54) is 6.42 Å². The lowest BCUT2D eigenvalue weighted by Crippen LogP contribution is -2.48. The van der Waals surface area contributed by atoms with E-state index in [1.54, 1.807) is 0 Å². The van der Waals surface area contributed by atoms with Gasteiger partial charge in [0, 0.05) is 4.48 Å². The first kappa shape index (κ1) is 8.76. The Morgan fingerprint density at radius 1 is 1.58 bits per heavy atom. The predicted octanol–water partition coefficient (Wildman–Crippen LogP) is 2.69. The summed E-state index contributed by atoms with van der Waals surface area (Å²) < 4.78 is 1.00. The summed E-state index contributed by atoms with van der Waals surface area (Å²) in [6.07, 6.45) is 4.21. The number of aliphatic hydroxyl groups excluding tert-OH is 1. The highest BCUT2D eigenvalue weighted by atomic mass is 79.9. The molecule has 68 valence electrons. The largest absolute Gasteiger partial charge is 0.388 e. The van der Waals surface area contributed by atoms with Gasteiger partial charge >= 0.3 is 0 Å². The number of aliphatic hydroxyl groups is 1. The lowest BCUT2D eigenvalue weighted by Gasteiger charge is -2.52. The third-order valence-electron chi connectivity index (χ3n) is 3.81. The maximum atomic E-state index is 9.88. The van der Waals surface area contributed by atoms with Gasteiger partial charge in [-0.25, -0.2) is 0 Å². The molecule has 0 unspecified atom stereocenters. The minimum Gasteiger partial charge on any atom is -0.388 e. The lowest BCUT2D eigenvalue weighted by atomic mass is 9.53. The van der Waals surface area contributed by atoms with E-state index in [0.29, 0.717) is 11.3 Å². The van der Waals surface area contributed by atoms with E-state index in [1.807, 2.05) is 0 Å². The smallest absolute Gasteiger partial charge is 0.0884 e. The summed E-state index contributed by atoms with van der Waals surface area (Å²) in [7, 11) is 0. The number of allylic oxidation sites excluding steroid dienone is 1. The van der Waals surface area contributed by atoms with Crippen LogP contribution in [0.3, 0.4) is 0 Å². The van der Waals surface area contributed by atoms with Crippen LogP contribution in [0.5, 0.6) is 0 Å². The first-order valence-corrected chi connectivity index (χ1v) is 5.36. The summed E-state index contributed by atoms with van der Waals surface area (Å²) in [4.78, 5) is 0. The van der Waals surface area contributed by atoms with Crippen molar-refractivity contribution in [1.29, 1.82) is 0 Å². The van der Waals surface area contributed by atoms with Crippen molar-refractivity contribution in [2.75, 3.05) is 0 Å². The summed E-state index contributed by atoms with van der Waals surface area (Å²) in [5.41, 5.74) is 0.339. The third-order valence-corrected chi connectivity index (χ3v) is 4.60. The van der Waals surface area contributed by atoms with E-state index in [9.17, 15) is 5.11 Å². The van der Waals surface area contributed by atoms with Crippen molar-refractivity contribution in [2.45, 2.75) is 32.8 Å². The Morgan fingerprint density at radius 3 is 2.83 bits per heavy atom. The van der Waals surface area contributed by atoms with Crippen LogP contribution in [0.25, 0.3) is 0 Å². The molecule has 0 aliphatic heterocycles. The molecule has 1 fully saturated rings. The molecule has 0 aromatic carbocycles. The van der Waals surface area contributed by atoms with Gasteiger partial charge in [0.2, 0.25) is 0 Å². The van der Waals surface area contributed by atoms with E-state index in [0.717, 1.165) is 16.8 Å². The van der Waals surface area contributed by atoms with E-state index >= 15 is 0 Å². The van der Waals surface area contributed by atoms with Gasteiger partial charge in [0.1, 0.15) is 0 Å². The number of fused-ring (bicyclic) bond motifs is 2. The SMILES string of the molecule is CC1(C)[C@@H]2CC=C(Br)[C@@H](O)[C@@H]1C2. The summed E-state index contributed by atoms with van der Waals surface area (Å²) in [6, 6.07) is 0. The van der Waals surface area contributed by atoms with Crippen LogP contribution >= 0.6 is 15.9 Å². The van der Waals surface area contributed by atoms with Crippen LogP contribution in [0.2, 0.25) is 0 Å². The van der Waals surface area contributed by atoms with E-state index in [-0.39, 0.29) is 6.10 Å². The van der Waals surface area contributed by atoms with Gasteiger partial charge in [-0.15, -0.1) is 0 Å². The van der Waals surface area contributed by atoms with Gasteiger partial charge in [0.25, 0.3) is 0 Å². The van der Waals surface area contributed by atoms with Crippen molar-refractivity contribution in [3.05, 3.63) is 10.6 Å². The van der Waals surface area contributed by atoms with E-state index in [2.05, 4.69) is 35.9 Å². The van der Waals surface area contributed by atoms with Crippen molar-refractivity contribution >= 4 is 15.9 Å². The molecule has 1 nitrogen and oxygen atoms in total. The standard InChI is InChI=1S/C10H15BrO/c1-10(2)6-3-4-8(11)9(12)7(10)5-6/h4,6-7,9,12H,3,5H2,1-2H3/t6-,7+,9+/m1/s1. The van der Waals surface area contributed by atoms with Crippen molar-refractivity contribution in [2.24, 2.45) is 17.3 Å². The Morgan fingerprint density at radius 2 is 2.25 bits per heavy atom. The monoisotopic (exact) mass is 230 g/mol. The van der Waals surface area contributed by atoms with E-state index in [4.69, 9.17) is 0 Å². The molecule has 12 heavy (non-hydrogen) atoms. The summed E-state index contributed by atoms with van der Waals surface area (Å²) in [6.45, 7) is 4.54. The second kappa shape index (κ2) is 2.58. The van der Waals surface area contributed by atoms with Crippen molar-refractivity contribution in [3.8, 4) is 0 Å². The lowest BCUT2D eigenvalue weighted by molar-refractivity contribution is -0.0708. The molecule has 2 heteroatoms. The topological polar surface area (TPSA) is 20.2 Å². The second-order valence-electron chi connectivity index (χ2n) is 4.63. The third kappa shape index (κ3) is 1.01. The average Bonchev–Trinajstić information content (AvgIpc) is 2.18. The fourth-order valence-corrected chi connectivity index (χ4v) is 3.07. The van der Waals surface area contributed by atoms with E-state index < -0.39 is 0 Å². The number of rotatable bonds is 0. The Bertz CT molecular complexity index is 232. The van der Waals surface area contributed by atoms with Gasteiger partial charge in [0.05, 0.1) is 6.10 Å². The minimum absolute atomic E-state index is 0.251. The molecule has 3 atom stereocenters. The molecule has 0 heterocycles. The molecule has 0 aromatic heterocycles. The molecule has 0 saturated heterocycles. The zero-order chi connectivity index (χ0) is 8.93. The molecule has 3 rings (SSSR count). The fraction of sp³-hybridized carbons (Fsp3) is 0.800. The van der Waals surface area contributed by atoms with Gasteiger partial charge in [0.15, 0.2) is 0 Å². The van der Waals surface area contributed by atoms with Crippen LogP contribution < -0.4 is 0 Å². The molecule has 2 bridgehead atoms. The molecular weight excluding hydrogens is 216 g/mol. The summed E-state index contributed by atoms with van der Waals surface area (Å²) in [5.74, 6) is 1.25. The molecule has 3 aliphatic carbocycles. The highest BCUT2D eigenvalue weighted by molar-refractivity contribution is 9.11. The zero-order valence-electron chi connectivity index (χ0n) is 7.55.